The molecule has 0 saturated heterocycles. The van der Waals surface area contributed by atoms with Crippen LogP contribution < -0.4 is 5.73 Å². The molecule has 2 aromatic carbocycles. The lowest BCUT2D eigenvalue weighted by atomic mass is 9.93. The first kappa shape index (κ1) is 17.1. The maximum atomic E-state index is 13.9. The third-order valence-corrected chi connectivity index (χ3v) is 3.81. The van der Waals surface area contributed by atoms with Gasteiger partial charge in [-0.25, -0.2) is 4.39 Å². The minimum atomic E-state index is -0.349. The third-order valence-electron chi connectivity index (χ3n) is 3.81. The van der Waals surface area contributed by atoms with Crippen molar-refractivity contribution in [1.82, 2.24) is 4.90 Å². The molecule has 0 aliphatic carbocycles. The second-order valence-electron chi connectivity index (χ2n) is 5.04. The van der Waals surface area contributed by atoms with Gasteiger partial charge in [-0.3, -0.25) is 4.79 Å². The van der Waals surface area contributed by atoms with Gasteiger partial charge in [-0.05, 0) is 41.9 Å². The maximum Gasteiger partial charge on any atom is 0.179 e. The summed E-state index contributed by atoms with van der Waals surface area (Å²) in [4.78, 5) is 12.8. The molecular formula is C18H15FN4O. The van der Waals surface area contributed by atoms with Gasteiger partial charge in [0.2, 0.25) is 0 Å². The Labute approximate surface area is 139 Å². The van der Waals surface area contributed by atoms with Crippen LogP contribution in [0.15, 0.2) is 30.3 Å². The van der Waals surface area contributed by atoms with Crippen LogP contribution in [0, 0.1) is 28.6 Å². The number of fused-ring (bicyclic) bond motifs is 1. The largest absolute Gasteiger partial charge is 0.333 e. The molecule has 5 nitrogen and oxygen atoms in total. The fourth-order valence-electron chi connectivity index (χ4n) is 2.75. The number of nitrogens with zero attached hydrogens (tertiary/aromatic N) is 3. The summed E-state index contributed by atoms with van der Waals surface area (Å²) >= 11 is 0. The van der Waals surface area contributed by atoms with E-state index in [9.17, 15) is 9.18 Å². The number of carbonyl (C=O) groups excluding carboxylic acids is 1. The lowest BCUT2D eigenvalue weighted by molar-refractivity contribution is 0.112. The van der Waals surface area contributed by atoms with Crippen molar-refractivity contribution >= 4 is 6.29 Å². The first-order chi connectivity index (χ1) is 11.7. The highest BCUT2D eigenvalue weighted by Crippen LogP contribution is 2.35. The standard InChI is InChI=1S/C17H10FN3O.CH5N/c18-17-4-3-14(15-7-21(10-20)8-16(15)17)13-2-1-11(6-19)5-12(13)9-22;1-2/h1-5,9H,7-8H2;2H2,1H3. The number of carbonyl (C=O) groups is 1. The van der Waals surface area contributed by atoms with Crippen LogP contribution in [0.1, 0.15) is 27.0 Å². The summed E-state index contributed by atoms with van der Waals surface area (Å²) in [5.41, 5.74) is 7.84. The molecule has 0 bridgehead atoms. The van der Waals surface area contributed by atoms with Crippen molar-refractivity contribution in [2.75, 3.05) is 7.05 Å². The van der Waals surface area contributed by atoms with Gasteiger partial charge in [0.25, 0.3) is 0 Å². The monoisotopic (exact) mass is 322 g/mol. The van der Waals surface area contributed by atoms with Gasteiger partial charge < -0.3 is 10.6 Å². The zero-order valence-corrected chi connectivity index (χ0v) is 13.1. The molecule has 0 saturated carbocycles. The quantitative estimate of drug-likeness (QED) is 0.677. The summed E-state index contributed by atoms with van der Waals surface area (Å²) < 4.78 is 13.9. The second-order valence-corrected chi connectivity index (χ2v) is 5.04. The van der Waals surface area contributed by atoms with Gasteiger partial charge in [-0.1, -0.05) is 12.1 Å². The van der Waals surface area contributed by atoms with Gasteiger partial charge in [-0.2, -0.15) is 10.5 Å². The molecule has 0 unspecified atom stereocenters. The molecular weight excluding hydrogens is 307 g/mol. The summed E-state index contributed by atoms with van der Waals surface area (Å²) in [6, 6.07) is 9.77. The highest BCUT2D eigenvalue weighted by atomic mass is 19.1. The van der Waals surface area contributed by atoms with Crippen molar-refractivity contribution in [1.29, 1.82) is 10.5 Å². The Bertz CT molecular complexity index is 865. The van der Waals surface area contributed by atoms with E-state index in [-0.39, 0.29) is 12.4 Å². The van der Waals surface area contributed by atoms with Gasteiger partial charge in [0.05, 0.1) is 24.7 Å². The molecule has 1 heterocycles. The van der Waals surface area contributed by atoms with Crippen LogP contribution in [-0.2, 0) is 13.1 Å². The second kappa shape index (κ2) is 7.36. The number of nitriles is 2. The molecule has 0 amide bonds. The Hall–Kier alpha value is -3.22. The predicted octanol–water partition coefficient (Wildman–Crippen LogP) is 2.55. The number of halogens is 1. The van der Waals surface area contributed by atoms with Crippen LogP contribution in [0.5, 0.6) is 0 Å². The molecule has 0 spiro atoms. The third kappa shape index (κ3) is 2.96. The fourth-order valence-corrected chi connectivity index (χ4v) is 2.75. The summed E-state index contributed by atoms with van der Waals surface area (Å²) in [6.07, 6.45) is 2.70. The number of rotatable bonds is 2. The van der Waals surface area contributed by atoms with Crippen molar-refractivity contribution < 1.29 is 9.18 Å². The predicted molar refractivity (Wildman–Crippen MR) is 86.9 cm³/mol. The number of hydrogen-bond acceptors (Lipinski definition) is 5. The smallest absolute Gasteiger partial charge is 0.179 e. The number of aldehydes is 1. The van der Waals surface area contributed by atoms with Gasteiger partial charge in [0.15, 0.2) is 12.5 Å². The van der Waals surface area contributed by atoms with Crippen molar-refractivity contribution in [3.05, 3.63) is 58.4 Å². The zero-order valence-electron chi connectivity index (χ0n) is 13.1. The molecule has 0 radical (unpaired) electrons. The molecule has 120 valence electrons. The van der Waals surface area contributed by atoms with E-state index < -0.39 is 0 Å². The minimum absolute atomic E-state index is 0.234. The number of hydrogen-bond donors (Lipinski definition) is 1. The van der Waals surface area contributed by atoms with Crippen LogP contribution >= 0.6 is 0 Å². The van der Waals surface area contributed by atoms with Crippen LogP contribution in [-0.4, -0.2) is 18.2 Å². The fraction of sp³-hybridized carbons (Fsp3) is 0.167. The maximum absolute atomic E-state index is 13.9. The van der Waals surface area contributed by atoms with Crippen molar-refractivity contribution in [3.8, 4) is 23.4 Å². The molecule has 2 N–H and O–H groups in total. The minimum Gasteiger partial charge on any atom is -0.333 e. The average Bonchev–Trinajstić information content (AvgIpc) is 3.09. The van der Waals surface area contributed by atoms with E-state index in [1.807, 2.05) is 12.3 Å². The molecule has 3 rings (SSSR count). The van der Waals surface area contributed by atoms with Gasteiger partial charge in [-0.15, -0.1) is 0 Å². The van der Waals surface area contributed by atoms with Crippen LogP contribution in [0.2, 0.25) is 0 Å². The summed E-state index contributed by atoms with van der Waals surface area (Å²) in [5.74, 6) is -0.349. The Morgan fingerprint density at radius 2 is 1.79 bits per heavy atom. The Kier molecular flexibility index (Phi) is 5.26. The Morgan fingerprint density at radius 3 is 2.42 bits per heavy atom. The first-order valence-electron chi connectivity index (χ1n) is 7.20. The van der Waals surface area contributed by atoms with E-state index in [1.54, 1.807) is 18.2 Å². The van der Waals surface area contributed by atoms with E-state index in [1.165, 1.54) is 24.1 Å². The topological polar surface area (TPSA) is 93.9 Å². The van der Waals surface area contributed by atoms with E-state index in [2.05, 4.69) is 5.73 Å². The lowest BCUT2D eigenvalue weighted by Gasteiger charge is -2.11. The summed E-state index contributed by atoms with van der Waals surface area (Å²) in [6.45, 7) is 0.551. The average molecular weight is 322 g/mol. The summed E-state index contributed by atoms with van der Waals surface area (Å²) in [5, 5.41) is 17.9. The molecule has 2 aromatic rings. The molecule has 24 heavy (non-hydrogen) atoms. The van der Waals surface area contributed by atoms with Crippen molar-refractivity contribution in [3.63, 3.8) is 0 Å². The normalized spacial score (nSPS) is 11.6. The first-order valence-corrected chi connectivity index (χ1v) is 7.20. The molecule has 1 aliphatic rings. The van der Waals surface area contributed by atoms with E-state index in [0.29, 0.717) is 40.6 Å². The lowest BCUT2D eigenvalue weighted by Crippen LogP contribution is -2.07. The van der Waals surface area contributed by atoms with Crippen molar-refractivity contribution in [2.24, 2.45) is 5.73 Å². The molecule has 6 heteroatoms. The van der Waals surface area contributed by atoms with Crippen LogP contribution in [0.25, 0.3) is 11.1 Å². The number of nitrogens with two attached hydrogens (primary N) is 1. The molecule has 1 aliphatic heterocycles. The van der Waals surface area contributed by atoms with E-state index >= 15 is 0 Å². The van der Waals surface area contributed by atoms with E-state index in [4.69, 9.17) is 10.5 Å². The summed E-state index contributed by atoms with van der Waals surface area (Å²) in [7, 11) is 1.50. The Morgan fingerprint density at radius 1 is 1.12 bits per heavy atom. The molecule has 0 fully saturated rings. The highest BCUT2D eigenvalue weighted by molar-refractivity contribution is 5.89. The molecule has 0 atom stereocenters. The SMILES string of the molecule is CN.N#Cc1ccc(-c2ccc(F)c3c2CN(C#N)C3)c(C=O)c1. The highest BCUT2D eigenvalue weighted by Gasteiger charge is 2.25. The van der Waals surface area contributed by atoms with Gasteiger partial charge >= 0.3 is 0 Å². The van der Waals surface area contributed by atoms with Crippen LogP contribution in [0.4, 0.5) is 4.39 Å². The van der Waals surface area contributed by atoms with Gasteiger partial charge in [0, 0.05) is 11.1 Å². The zero-order chi connectivity index (χ0) is 17.7. The van der Waals surface area contributed by atoms with Crippen LogP contribution in [0.3, 0.4) is 0 Å². The van der Waals surface area contributed by atoms with E-state index in [0.717, 1.165) is 5.56 Å². The molecule has 0 aromatic heterocycles. The number of benzene rings is 2. The van der Waals surface area contributed by atoms with Gasteiger partial charge in [0.1, 0.15) is 5.82 Å². The Balaban J connectivity index is 0.00000100. The van der Waals surface area contributed by atoms with Crippen molar-refractivity contribution in [2.45, 2.75) is 13.1 Å².